The van der Waals surface area contributed by atoms with Crippen LogP contribution in [0.1, 0.15) is 66.3 Å². The molecule has 2 aromatic rings. The number of aryl methyl sites for hydroxylation is 1. The number of aliphatic imine (C=N–C) groups is 1. The van der Waals surface area contributed by atoms with Crippen molar-refractivity contribution in [1.82, 2.24) is 9.88 Å². The molecule has 0 spiro atoms. The fourth-order valence-electron chi connectivity index (χ4n) is 5.10. The average molecular weight is 495 g/mol. The third-order valence-electron chi connectivity index (χ3n) is 7.17. The Hall–Kier alpha value is -3.62. The van der Waals surface area contributed by atoms with E-state index in [1.165, 1.54) is 0 Å². The number of nitrogens with zero attached hydrogens (tertiary/aromatic N) is 2. The second-order valence-corrected chi connectivity index (χ2v) is 9.75. The molecule has 2 atom stereocenters. The van der Waals surface area contributed by atoms with E-state index in [0.29, 0.717) is 47.2 Å². The highest BCUT2D eigenvalue weighted by atomic mass is 16.5. The second-order valence-electron chi connectivity index (χ2n) is 9.75. The molecule has 2 N–H and O–H groups in total. The van der Waals surface area contributed by atoms with Crippen LogP contribution in [0, 0.1) is 11.3 Å². The number of rotatable bonds is 8. The maximum atomic E-state index is 13.4. The minimum absolute atomic E-state index is 0.0664. The third kappa shape index (κ3) is 5.15. The minimum atomic E-state index is -0.226. The molecule has 36 heavy (non-hydrogen) atoms. The number of benzene rings is 1. The monoisotopic (exact) mass is 494 g/mol. The van der Waals surface area contributed by atoms with E-state index in [0.717, 1.165) is 25.7 Å². The van der Waals surface area contributed by atoms with Crippen LogP contribution in [-0.4, -0.2) is 49.1 Å². The number of hydrogen-bond acceptors (Lipinski definition) is 6. The lowest BCUT2D eigenvalue weighted by atomic mass is 9.66. The Kier molecular flexibility index (Phi) is 7.47. The fourth-order valence-corrected chi connectivity index (χ4v) is 5.10. The first-order valence-corrected chi connectivity index (χ1v) is 12.4. The summed E-state index contributed by atoms with van der Waals surface area (Å²) in [4.78, 5) is 42.3. The Morgan fingerprint density at radius 1 is 1.22 bits per heavy atom. The first-order chi connectivity index (χ1) is 17.3. The number of aromatic nitrogens is 1. The zero-order valence-electron chi connectivity index (χ0n) is 21.3. The Bertz CT molecular complexity index is 1200. The van der Waals surface area contributed by atoms with Crippen molar-refractivity contribution in [2.75, 3.05) is 26.1 Å². The number of carbonyl (C=O) groups excluding carboxylic acids is 3. The molecule has 0 bridgehead atoms. The largest absolute Gasteiger partial charge is 0.493 e. The third-order valence-corrected chi connectivity index (χ3v) is 7.17. The summed E-state index contributed by atoms with van der Waals surface area (Å²) in [5.41, 5.74) is 1.96. The van der Waals surface area contributed by atoms with Crippen LogP contribution in [0.15, 0.2) is 29.4 Å². The van der Waals surface area contributed by atoms with Crippen molar-refractivity contribution < 1.29 is 23.9 Å². The number of anilines is 1. The quantitative estimate of drug-likeness (QED) is 0.532. The summed E-state index contributed by atoms with van der Waals surface area (Å²) in [7, 11) is 4.85. The van der Waals surface area contributed by atoms with Crippen molar-refractivity contribution in [1.29, 1.82) is 0 Å². The van der Waals surface area contributed by atoms with Gasteiger partial charge in [0.25, 0.3) is 5.91 Å². The molecule has 192 valence electrons. The minimum Gasteiger partial charge on any atom is -0.493 e. The van der Waals surface area contributed by atoms with Gasteiger partial charge in [-0.2, -0.15) is 0 Å². The lowest BCUT2D eigenvalue weighted by Gasteiger charge is -2.36. The van der Waals surface area contributed by atoms with Crippen molar-refractivity contribution in [3.8, 4) is 11.5 Å². The lowest BCUT2D eigenvalue weighted by Crippen LogP contribution is -2.36. The topological polar surface area (TPSA) is 111 Å². The zero-order chi connectivity index (χ0) is 25.9. The molecule has 9 nitrogen and oxygen atoms in total. The Morgan fingerprint density at radius 2 is 2.03 bits per heavy atom. The second kappa shape index (κ2) is 10.6. The van der Waals surface area contributed by atoms with E-state index in [2.05, 4.69) is 22.5 Å². The molecule has 1 saturated carbocycles. The summed E-state index contributed by atoms with van der Waals surface area (Å²) in [6.07, 6.45) is 8.35. The van der Waals surface area contributed by atoms with E-state index in [4.69, 9.17) is 9.47 Å². The molecular weight excluding hydrogens is 460 g/mol. The number of carbonyl (C=O) groups is 3. The van der Waals surface area contributed by atoms with E-state index in [9.17, 15) is 14.4 Å². The van der Waals surface area contributed by atoms with Crippen molar-refractivity contribution in [2.24, 2.45) is 23.4 Å². The number of methoxy groups -OCH3 is 1. The van der Waals surface area contributed by atoms with Crippen molar-refractivity contribution in [2.45, 2.75) is 45.4 Å². The molecule has 1 aliphatic carbocycles. The van der Waals surface area contributed by atoms with Gasteiger partial charge in [-0.05, 0) is 31.4 Å². The van der Waals surface area contributed by atoms with Crippen LogP contribution in [0.5, 0.6) is 11.5 Å². The maximum absolute atomic E-state index is 13.4. The number of fused-ring (bicyclic) bond motifs is 2. The molecule has 9 heteroatoms. The van der Waals surface area contributed by atoms with Gasteiger partial charge in [0.1, 0.15) is 5.69 Å². The van der Waals surface area contributed by atoms with Crippen LogP contribution in [0.25, 0.3) is 0 Å². The molecule has 0 saturated heterocycles. The first-order valence-electron chi connectivity index (χ1n) is 12.4. The molecule has 1 aromatic heterocycles. The van der Waals surface area contributed by atoms with Crippen LogP contribution in [0.2, 0.25) is 0 Å². The van der Waals surface area contributed by atoms with E-state index in [1.807, 2.05) is 6.21 Å². The summed E-state index contributed by atoms with van der Waals surface area (Å²) in [5, 5.41) is 5.38. The molecule has 1 fully saturated rings. The molecular formula is C27H34N4O5. The van der Waals surface area contributed by atoms with Gasteiger partial charge >= 0.3 is 0 Å². The molecule has 1 aliphatic heterocycles. The van der Waals surface area contributed by atoms with E-state index in [1.54, 1.807) is 50.2 Å². The van der Waals surface area contributed by atoms with E-state index < -0.39 is 0 Å². The van der Waals surface area contributed by atoms with Crippen LogP contribution < -0.4 is 20.1 Å². The molecule has 2 heterocycles. The highest BCUT2D eigenvalue weighted by Gasteiger charge is 2.42. The Labute approximate surface area is 211 Å². The van der Waals surface area contributed by atoms with Crippen molar-refractivity contribution in [3.05, 3.63) is 35.7 Å². The lowest BCUT2D eigenvalue weighted by molar-refractivity contribution is -0.116. The fraction of sp³-hybridized carbons (Fsp3) is 0.481. The molecule has 2 amide bonds. The summed E-state index contributed by atoms with van der Waals surface area (Å²) < 4.78 is 13.1. The maximum Gasteiger partial charge on any atom is 0.267 e. The Morgan fingerprint density at radius 3 is 2.78 bits per heavy atom. The molecule has 4 rings (SSSR count). The number of ketones is 1. The normalized spacial score (nSPS) is 20.7. The number of nitrogens with one attached hydrogen (secondary N) is 2. The number of hydrogen-bond donors (Lipinski definition) is 2. The number of amides is 2. The average Bonchev–Trinajstić information content (AvgIpc) is 3.19. The summed E-state index contributed by atoms with van der Waals surface area (Å²) in [5.74, 6) is 0.629. The smallest absolute Gasteiger partial charge is 0.267 e. The van der Waals surface area contributed by atoms with Crippen LogP contribution >= 0.6 is 0 Å². The van der Waals surface area contributed by atoms with Crippen molar-refractivity contribution >= 4 is 35.2 Å². The predicted octanol–water partition coefficient (Wildman–Crippen LogP) is 4.29. The van der Waals surface area contributed by atoms with Gasteiger partial charge < -0.3 is 24.7 Å². The van der Waals surface area contributed by atoms with Gasteiger partial charge in [-0.25, -0.2) is 0 Å². The van der Waals surface area contributed by atoms with Crippen LogP contribution in [0.3, 0.4) is 0 Å². The highest BCUT2D eigenvalue weighted by molar-refractivity contribution is 6.06. The van der Waals surface area contributed by atoms with Gasteiger partial charge in [-0.1, -0.05) is 19.8 Å². The zero-order valence-corrected chi connectivity index (χ0v) is 21.3. The highest BCUT2D eigenvalue weighted by Crippen LogP contribution is 2.46. The van der Waals surface area contributed by atoms with Gasteiger partial charge in [-0.15, -0.1) is 0 Å². The molecule has 1 unspecified atom stereocenters. The summed E-state index contributed by atoms with van der Waals surface area (Å²) >= 11 is 0. The first kappa shape index (κ1) is 25.5. The van der Waals surface area contributed by atoms with Gasteiger partial charge in [0.15, 0.2) is 17.3 Å². The summed E-state index contributed by atoms with van der Waals surface area (Å²) in [6.45, 7) is 2.41. The SMILES string of the molecule is CNC(=O)c1cc(NC(=O)CCCOc2cc3c(cc2OC)C(=O)C2CCCC[C@@]2(C)C=N3)cn1C. The van der Waals surface area contributed by atoms with Crippen LogP contribution in [0.4, 0.5) is 11.4 Å². The van der Waals surface area contributed by atoms with Crippen molar-refractivity contribution in [3.63, 3.8) is 0 Å². The molecule has 2 aliphatic rings. The predicted molar refractivity (Wildman–Crippen MR) is 138 cm³/mol. The van der Waals surface area contributed by atoms with Gasteiger partial charge in [0.05, 0.1) is 25.1 Å². The molecule has 1 aromatic carbocycles. The molecule has 0 radical (unpaired) electrons. The van der Waals surface area contributed by atoms with E-state index >= 15 is 0 Å². The van der Waals surface area contributed by atoms with Gasteiger partial charge in [0, 0.05) is 55.9 Å². The van der Waals surface area contributed by atoms with Crippen LogP contribution in [-0.2, 0) is 11.8 Å². The van der Waals surface area contributed by atoms with E-state index in [-0.39, 0.29) is 35.4 Å². The number of ether oxygens (including phenoxy) is 2. The number of Topliss-reactive ketones (excluding diaryl/α,β-unsaturated/α-hetero) is 1. The van der Waals surface area contributed by atoms with Gasteiger partial charge in [-0.3, -0.25) is 19.4 Å². The summed E-state index contributed by atoms with van der Waals surface area (Å²) in [6, 6.07) is 5.12. The standard InChI is InChI=1S/C27H34N4O5/c1-27-10-6-5-8-19(27)25(33)18-13-22(35-4)23(14-20(18)29-16-27)36-11-7-9-24(32)30-17-12-21(26(34)28-2)31(3)15-17/h12-16,19H,5-11H2,1-4H3,(H,28,34)(H,30,32)/t19?,27-/m0/s1. The van der Waals surface area contributed by atoms with Gasteiger partial charge in [0.2, 0.25) is 5.91 Å². The Balaban J connectivity index is 1.38.